The number of anilines is 2. The first-order valence-electron chi connectivity index (χ1n) is 17.6. The number of aliphatic hydroxyl groups excluding tert-OH is 1. The summed E-state index contributed by atoms with van der Waals surface area (Å²) >= 11 is 0. The molecule has 11 nitrogen and oxygen atoms in total. The molecule has 0 atom stereocenters. The van der Waals surface area contributed by atoms with Crippen LogP contribution in [0.1, 0.15) is 99.7 Å². The number of unbranched alkanes of at least 4 members (excludes halogenated alkanes) is 6. The Morgan fingerprint density at radius 2 is 1.70 bits per heavy atom. The van der Waals surface area contributed by atoms with Crippen LogP contribution in [0.25, 0.3) is 11.0 Å². The van der Waals surface area contributed by atoms with E-state index in [1.54, 1.807) is 24.3 Å². The average molecular weight is 650 g/mol. The van der Waals surface area contributed by atoms with Gasteiger partial charge in [0, 0.05) is 67.8 Å². The Labute approximate surface area is 279 Å². The topological polar surface area (TPSA) is 134 Å². The lowest BCUT2D eigenvalue weighted by Crippen LogP contribution is -2.30. The number of fused-ring (bicyclic) bond motifs is 1. The first-order valence-corrected chi connectivity index (χ1v) is 17.6. The summed E-state index contributed by atoms with van der Waals surface area (Å²) in [5.74, 6) is -0.177. The zero-order valence-corrected chi connectivity index (χ0v) is 28.7. The lowest BCUT2D eigenvalue weighted by Gasteiger charge is -2.26. The summed E-state index contributed by atoms with van der Waals surface area (Å²) in [4.78, 5) is 32.8. The normalized spacial score (nSPS) is 13.7. The van der Waals surface area contributed by atoms with Gasteiger partial charge in [-0.1, -0.05) is 39.0 Å². The highest BCUT2D eigenvalue weighted by Gasteiger charge is 2.22. The molecule has 47 heavy (non-hydrogen) atoms. The molecule has 3 heterocycles. The maximum atomic E-state index is 13.2. The molecular weight excluding hydrogens is 594 g/mol. The van der Waals surface area contributed by atoms with Crippen LogP contribution in [0.4, 0.5) is 11.4 Å². The summed E-state index contributed by atoms with van der Waals surface area (Å²) in [7, 11) is 2.04. The molecule has 1 aliphatic rings. The van der Waals surface area contributed by atoms with E-state index >= 15 is 0 Å². The Balaban J connectivity index is 1.25. The van der Waals surface area contributed by atoms with Crippen molar-refractivity contribution in [3.8, 4) is 0 Å². The molecule has 0 radical (unpaired) electrons. The molecule has 1 aromatic carbocycles. The lowest BCUT2D eigenvalue weighted by atomic mass is 10.0. The summed E-state index contributed by atoms with van der Waals surface area (Å²) in [6.45, 7) is 8.67. The van der Waals surface area contributed by atoms with Gasteiger partial charge in [-0.25, -0.2) is 9.67 Å². The van der Waals surface area contributed by atoms with E-state index in [0.717, 1.165) is 106 Å². The van der Waals surface area contributed by atoms with Gasteiger partial charge in [0.1, 0.15) is 0 Å². The van der Waals surface area contributed by atoms with Gasteiger partial charge < -0.3 is 30.7 Å². The number of aryl methyl sites for hydroxylation is 2. The third kappa shape index (κ3) is 11.0. The predicted molar refractivity (Wildman–Crippen MR) is 188 cm³/mol. The van der Waals surface area contributed by atoms with Crippen molar-refractivity contribution < 1.29 is 19.4 Å². The van der Waals surface area contributed by atoms with E-state index in [9.17, 15) is 9.59 Å². The number of rotatable bonds is 20. The van der Waals surface area contributed by atoms with Crippen LogP contribution in [0.2, 0.25) is 0 Å². The molecule has 0 unspecified atom stereocenters. The van der Waals surface area contributed by atoms with Crippen molar-refractivity contribution in [1.82, 2.24) is 25.0 Å². The molecule has 258 valence electrons. The van der Waals surface area contributed by atoms with E-state index in [1.165, 1.54) is 19.3 Å². The minimum atomic E-state index is -0.177. The van der Waals surface area contributed by atoms with Gasteiger partial charge in [-0.05, 0) is 76.9 Å². The standard InChI is InChI=1S/C36H55N7O4/c1-4-32-30(34(40-29-18-23-47-24-19-29)31-26-38-43(5-2)35(31)41-32)25-37-36(46)27-14-16-28(17-15-27)39-33(45)13-11-9-7-6-8-10-12-20-42(3)21-22-44/h14-17,26,29,44H,4-13,18-25H2,1-3H3,(H,37,46)(H,39,45)(H,40,41). The fourth-order valence-corrected chi connectivity index (χ4v) is 6.13. The molecule has 1 saturated heterocycles. The van der Waals surface area contributed by atoms with Gasteiger partial charge in [0.15, 0.2) is 5.65 Å². The maximum Gasteiger partial charge on any atom is 0.251 e. The summed E-state index contributed by atoms with van der Waals surface area (Å²) in [6, 6.07) is 7.36. The number of benzene rings is 1. The van der Waals surface area contributed by atoms with Crippen LogP contribution in [-0.4, -0.2) is 82.6 Å². The van der Waals surface area contributed by atoms with Crippen LogP contribution in [0.15, 0.2) is 30.5 Å². The number of likely N-dealkylation sites (N-methyl/N-ethyl adjacent to an activating group) is 1. The number of nitrogens with one attached hydrogen (secondary N) is 3. The molecule has 0 bridgehead atoms. The van der Waals surface area contributed by atoms with Crippen molar-refractivity contribution in [1.29, 1.82) is 0 Å². The third-order valence-corrected chi connectivity index (χ3v) is 8.96. The highest BCUT2D eigenvalue weighted by molar-refractivity contribution is 5.96. The van der Waals surface area contributed by atoms with Crippen molar-refractivity contribution in [2.75, 3.05) is 50.6 Å². The van der Waals surface area contributed by atoms with Gasteiger partial charge in [0.25, 0.3) is 5.91 Å². The van der Waals surface area contributed by atoms with Crippen LogP contribution in [0.3, 0.4) is 0 Å². The van der Waals surface area contributed by atoms with Gasteiger partial charge in [-0.2, -0.15) is 5.10 Å². The summed E-state index contributed by atoms with van der Waals surface area (Å²) in [5.41, 5.74) is 5.01. The molecule has 4 rings (SSSR count). The van der Waals surface area contributed by atoms with Gasteiger partial charge in [-0.15, -0.1) is 0 Å². The van der Waals surface area contributed by atoms with Crippen molar-refractivity contribution in [3.63, 3.8) is 0 Å². The molecule has 2 amide bonds. The van der Waals surface area contributed by atoms with E-state index in [0.29, 0.717) is 24.2 Å². The van der Waals surface area contributed by atoms with Crippen molar-refractivity contribution in [2.24, 2.45) is 0 Å². The van der Waals surface area contributed by atoms with Gasteiger partial charge in [-0.3, -0.25) is 9.59 Å². The number of aliphatic hydroxyl groups is 1. The second kappa shape index (κ2) is 19.3. The average Bonchev–Trinajstić information content (AvgIpc) is 3.50. The van der Waals surface area contributed by atoms with Crippen LogP contribution < -0.4 is 16.0 Å². The molecule has 0 saturated carbocycles. The zero-order chi connectivity index (χ0) is 33.4. The quantitative estimate of drug-likeness (QED) is 0.118. The first kappa shape index (κ1) is 36.3. The summed E-state index contributed by atoms with van der Waals surface area (Å²) in [5, 5.41) is 24.3. The monoisotopic (exact) mass is 649 g/mol. The number of carbonyl (C=O) groups is 2. The van der Waals surface area contributed by atoms with Gasteiger partial charge in [0.05, 0.1) is 23.9 Å². The summed E-state index contributed by atoms with van der Waals surface area (Å²) < 4.78 is 7.49. The Hall–Kier alpha value is -3.54. The molecule has 0 spiro atoms. The molecule has 1 aliphatic heterocycles. The van der Waals surface area contributed by atoms with Gasteiger partial charge >= 0.3 is 0 Å². The Morgan fingerprint density at radius 3 is 2.38 bits per heavy atom. The van der Waals surface area contributed by atoms with E-state index in [-0.39, 0.29) is 24.5 Å². The molecule has 4 N–H and O–H groups in total. The van der Waals surface area contributed by atoms with Crippen molar-refractivity contribution in [3.05, 3.63) is 47.3 Å². The lowest BCUT2D eigenvalue weighted by molar-refractivity contribution is -0.116. The number of carbonyl (C=O) groups excluding carboxylic acids is 2. The number of hydrogen-bond donors (Lipinski definition) is 4. The van der Waals surface area contributed by atoms with Crippen molar-refractivity contribution in [2.45, 2.75) is 104 Å². The molecule has 1 fully saturated rings. The number of nitrogens with zero attached hydrogens (tertiary/aromatic N) is 4. The SMILES string of the molecule is CCc1nc2c(cnn2CC)c(NC2CCOCC2)c1CNC(=O)c1ccc(NC(=O)CCCCCCCCCN(C)CCO)cc1. The minimum Gasteiger partial charge on any atom is -0.395 e. The van der Waals surface area contributed by atoms with Gasteiger partial charge in [0.2, 0.25) is 5.91 Å². The highest BCUT2D eigenvalue weighted by Crippen LogP contribution is 2.31. The zero-order valence-electron chi connectivity index (χ0n) is 28.7. The van der Waals surface area contributed by atoms with Crippen LogP contribution in [0.5, 0.6) is 0 Å². The Morgan fingerprint density at radius 1 is 1.00 bits per heavy atom. The summed E-state index contributed by atoms with van der Waals surface area (Å²) in [6.07, 6.45) is 12.8. The Bertz CT molecular complexity index is 1400. The molecule has 11 heteroatoms. The molecule has 3 aromatic rings. The van der Waals surface area contributed by atoms with E-state index in [4.69, 9.17) is 14.8 Å². The third-order valence-electron chi connectivity index (χ3n) is 8.96. The second-order valence-corrected chi connectivity index (χ2v) is 12.6. The fourth-order valence-electron chi connectivity index (χ4n) is 6.13. The van der Waals surface area contributed by atoms with E-state index in [1.807, 2.05) is 17.9 Å². The highest BCUT2D eigenvalue weighted by atomic mass is 16.5. The number of pyridine rings is 1. The van der Waals surface area contributed by atoms with Crippen molar-refractivity contribution >= 4 is 34.2 Å². The number of aromatic nitrogens is 3. The van der Waals surface area contributed by atoms with E-state index in [2.05, 4.69) is 39.8 Å². The van der Waals surface area contributed by atoms with Crippen LogP contribution >= 0.6 is 0 Å². The second-order valence-electron chi connectivity index (χ2n) is 12.6. The minimum absolute atomic E-state index is 0.0000579. The largest absolute Gasteiger partial charge is 0.395 e. The number of ether oxygens (including phenoxy) is 1. The number of amides is 2. The van der Waals surface area contributed by atoms with E-state index < -0.39 is 0 Å². The maximum absolute atomic E-state index is 13.2. The van der Waals surface area contributed by atoms with Crippen LogP contribution in [-0.2, 0) is 29.0 Å². The fraction of sp³-hybridized carbons (Fsp3) is 0.611. The molecule has 2 aromatic heterocycles. The molecular formula is C36H55N7O4. The van der Waals surface area contributed by atoms with Crippen LogP contribution in [0, 0.1) is 0 Å². The predicted octanol–water partition coefficient (Wildman–Crippen LogP) is 5.52. The molecule has 0 aliphatic carbocycles. The Kier molecular flexibility index (Phi) is 14.9. The first-order chi connectivity index (χ1) is 22.9. The smallest absolute Gasteiger partial charge is 0.251 e. The number of hydrogen-bond acceptors (Lipinski definition) is 8.